The van der Waals surface area contributed by atoms with E-state index in [1.54, 1.807) is 7.11 Å². The first-order chi connectivity index (χ1) is 11.2. The van der Waals surface area contributed by atoms with Crippen molar-refractivity contribution < 1.29 is 14.8 Å². The van der Waals surface area contributed by atoms with Crippen LogP contribution in [0.3, 0.4) is 0 Å². The van der Waals surface area contributed by atoms with E-state index in [-0.39, 0.29) is 11.9 Å². The van der Waals surface area contributed by atoms with E-state index in [2.05, 4.69) is 23.5 Å². The van der Waals surface area contributed by atoms with Gasteiger partial charge in [0.2, 0.25) is 5.91 Å². The lowest BCUT2D eigenvalue weighted by Gasteiger charge is -2.27. The van der Waals surface area contributed by atoms with Gasteiger partial charge in [0.1, 0.15) is 17.2 Å². The maximum Gasteiger partial charge on any atom is 0.244 e. The van der Waals surface area contributed by atoms with E-state index in [4.69, 9.17) is 4.74 Å². The topological polar surface area (TPSA) is 46.1 Å². The fourth-order valence-electron chi connectivity index (χ4n) is 4.28. The molecule has 1 spiro atoms. The molecule has 1 fully saturated rings. The Hall–Kier alpha value is -2.33. The molecule has 0 radical (unpaired) electrons. The Bertz CT molecular complexity index is 756. The second-order valence-corrected chi connectivity index (χ2v) is 6.38. The van der Waals surface area contributed by atoms with Gasteiger partial charge in [0.05, 0.1) is 13.7 Å². The molecule has 2 heterocycles. The van der Waals surface area contributed by atoms with Gasteiger partial charge < -0.3 is 15.0 Å². The van der Waals surface area contributed by atoms with Gasteiger partial charge >= 0.3 is 0 Å². The van der Waals surface area contributed by atoms with Gasteiger partial charge in [-0.1, -0.05) is 18.2 Å². The highest BCUT2D eigenvalue weighted by atomic mass is 16.5. The van der Waals surface area contributed by atoms with Gasteiger partial charge in [-0.15, -0.1) is 0 Å². The predicted molar refractivity (Wildman–Crippen MR) is 88.7 cm³/mol. The fourth-order valence-corrected chi connectivity index (χ4v) is 4.28. The summed E-state index contributed by atoms with van der Waals surface area (Å²) < 4.78 is 5.26. The molecule has 2 unspecified atom stereocenters. The Morgan fingerprint density at radius 3 is 2.65 bits per heavy atom. The summed E-state index contributed by atoms with van der Waals surface area (Å²) in [6, 6.07) is 16.4. The van der Waals surface area contributed by atoms with Crippen LogP contribution in [-0.2, 0) is 10.2 Å². The first-order valence-electron chi connectivity index (χ1n) is 8.03. The van der Waals surface area contributed by atoms with Gasteiger partial charge in [0.25, 0.3) is 0 Å². The summed E-state index contributed by atoms with van der Waals surface area (Å²) in [6.45, 7) is 0.963. The van der Waals surface area contributed by atoms with Crippen molar-refractivity contribution in [3.63, 3.8) is 0 Å². The van der Waals surface area contributed by atoms with Gasteiger partial charge in [-0.3, -0.25) is 4.79 Å². The molecule has 2 atom stereocenters. The number of ether oxygens (including phenoxy) is 1. The van der Waals surface area contributed by atoms with E-state index in [0.717, 1.165) is 24.4 Å². The Morgan fingerprint density at radius 2 is 1.91 bits per heavy atom. The number of hydrogen-bond donors (Lipinski definition) is 1. The van der Waals surface area contributed by atoms with Crippen LogP contribution >= 0.6 is 0 Å². The number of rotatable bonds is 2. The summed E-state index contributed by atoms with van der Waals surface area (Å²) in [7, 11) is 3.56. The van der Waals surface area contributed by atoms with Crippen molar-refractivity contribution in [1.29, 1.82) is 0 Å². The molecule has 4 rings (SSSR count). The maximum absolute atomic E-state index is 13.2. The van der Waals surface area contributed by atoms with E-state index in [1.807, 2.05) is 42.3 Å². The van der Waals surface area contributed by atoms with Crippen molar-refractivity contribution >= 4 is 11.6 Å². The van der Waals surface area contributed by atoms with Gasteiger partial charge in [0.15, 0.2) is 0 Å². The number of nitrogens with two attached hydrogens (primary N) is 1. The Labute approximate surface area is 136 Å². The number of likely N-dealkylation sites (N-methyl/N-ethyl adjacent to an activating group) is 1. The molecule has 1 amide bonds. The van der Waals surface area contributed by atoms with Crippen molar-refractivity contribution in [2.75, 3.05) is 25.6 Å². The van der Waals surface area contributed by atoms with Gasteiger partial charge in [0, 0.05) is 24.7 Å². The molecule has 2 aromatic carbocycles. The Morgan fingerprint density at radius 1 is 1.17 bits per heavy atom. The number of benzene rings is 2. The first kappa shape index (κ1) is 14.3. The van der Waals surface area contributed by atoms with Crippen LogP contribution in [0.25, 0.3) is 0 Å². The summed E-state index contributed by atoms with van der Waals surface area (Å²) in [5, 5.41) is 2.30. The molecule has 2 aromatic rings. The van der Waals surface area contributed by atoms with E-state index >= 15 is 0 Å². The number of methoxy groups -OCH3 is 1. The van der Waals surface area contributed by atoms with Gasteiger partial charge in [-0.2, -0.15) is 0 Å². The molecule has 118 valence electrons. The van der Waals surface area contributed by atoms with Crippen LogP contribution in [0.5, 0.6) is 5.75 Å². The number of fused-ring (bicyclic) bond motifs is 2. The standard InChI is InChI=1S/C19H20N2O2/c1-21-16-6-4-3-5-15(16)19(18(21)22)11-12-20-17(19)13-7-9-14(23-2)10-8-13/h3-10,17,20H,11-12H2,1-2H3/p+1. The number of amides is 1. The number of nitrogens with zero attached hydrogens (tertiary/aromatic N) is 1. The highest BCUT2D eigenvalue weighted by molar-refractivity contribution is 6.08. The Kier molecular flexibility index (Phi) is 3.16. The van der Waals surface area contributed by atoms with Gasteiger partial charge in [-0.05, 0) is 35.9 Å². The largest absolute Gasteiger partial charge is 0.497 e. The SMILES string of the molecule is COc1ccc(C2[NH2+]CCC23C(=O)N(C)c2ccccc23)cc1. The summed E-state index contributed by atoms with van der Waals surface area (Å²) in [5.74, 6) is 1.06. The van der Waals surface area contributed by atoms with Crippen LogP contribution in [0, 0.1) is 0 Å². The lowest BCUT2D eigenvalue weighted by Crippen LogP contribution is -2.83. The van der Waals surface area contributed by atoms with Crippen molar-refractivity contribution in [1.82, 2.24) is 0 Å². The summed E-state index contributed by atoms with van der Waals surface area (Å²) in [4.78, 5) is 15.0. The average Bonchev–Trinajstić information content (AvgIpc) is 3.13. The zero-order chi connectivity index (χ0) is 16.0. The van der Waals surface area contributed by atoms with E-state index < -0.39 is 5.41 Å². The smallest absolute Gasteiger partial charge is 0.244 e. The van der Waals surface area contributed by atoms with E-state index in [1.165, 1.54) is 11.1 Å². The minimum absolute atomic E-state index is 0.118. The molecular formula is C19H21N2O2+. The molecule has 1 saturated heterocycles. The van der Waals surface area contributed by atoms with Gasteiger partial charge in [-0.25, -0.2) is 0 Å². The highest BCUT2D eigenvalue weighted by Gasteiger charge is 2.60. The van der Waals surface area contributed by atoms with Crippen LogP contribution in [0.4, 0.5) is 5.69 Å². The van der Waals surface area contributed by atoms with E-state index in [0.29, 0.717) is 0 Å². The summed E-state index contributed by atoms with van der Waals surface area (Å²) in [6.07, 6.45) is 0.879. The molecule has 4 heteroatoms. The first-order valence-corrected chi connectivity index (χ1v) is 8.03. The normalized spacial score (nSPS) is 25.9. The maximum atomic E-state index is 13.2. The minimum Gasteiger partial charge on any atom is -0.497 e. The number of carbonyl (C=O) groups excluding carboxylic acids is 1. The third-order valence-electron chi connectivity index (χ3n) is 5.38. The van der Waals surface area contributed by atoms with E-state index in [9.17, 15) is 4.79 Å². The van der Waals surface area contributed by atoms with Crippen molar-refractivity contribution in [2.45, 2.75) is 17.9 Å². The van der Waals surface area contributed by atoms with Crippen LogP contribution in [0.1, 0.15) is 23.6 Å². The number of para-hydroxylation sites is 1. The van der Waals surface area contributed by atoms with Crippen LogP contribution in [-0.4, -0.2) is 26.6 Å². The molecule has 4 nitrogen and oxygen atoms in total. The molecule has 2 aliphatic rings. The monoisotopic (exact) mass is 309 g/mol. The zero-order valence-corrected chi connectivity index (χ0v) is 13.5. The fraction of sp³-hybridized carbons (Fsp3) is 0.316. The molecular weight excluding hydrogens is 288 g/mol. The second-order valence-electron chi connectivity index (χ2n) is 6.38. The van der Waals surface area contributed by atoms with Crippen LogP contribution in [0.15, 0.2) is 48.5 Å². The molecule has 0 aromatic heterocycles. The molecule has 23 heavy (non-hydrogen) atoms. The minimum atomic E-state index is -0.445. The molecule has 2 N–H and O–H groups in total. The number of quaternary nitrogens is 1. The molecule has 0 saturated carbocycles. The lowest BCUT2D eigenvalue weighted by atomic mass is 9.73. The molecule has 2 aliphatic heterocycles. The van der Waals surface area contributed by atoms with Crippen LogP contribution in [0.2, 0.25) is 0 Å². The number of anilines is 1. The number of hydrogen-bond acceptors (Lipinski definition) is 2. The Balaban J connectivity index is 1.84. The highest BCUT2D eigenvalue weighted by Crippen LogP contribution is 2.50. The van der Waals surface area contributed by atoms with Crippen LogP contribution < -0.4 is 15.0 Å². The average molecular weight is 309 g/mol. The summed E-state index contributed by atoms with van der Waals surface area (Å²) in [5.41, 5.74) is 2.95. The third-order valence-corrected chi connectivity index (χ3v) is 5.38. The third kappa shape index (κ3) is 1.85. The quantitative estimate of drug-likeness (QED) is 0.916. The van der Waals surface area contributed by atoms with Crippen molar-refractivity contribution in [3.05, 3.63) is 59.7 Å². The number of carbonyl (C=O) groups is 1. The predicted octanol–water partition coefficient (Wildman–Crippen LogP) is 1.62. The summed E-state index contributed by atoms with van der Waals surface area (Å²) >= 11 is 0. The van der Waals surface area contributed by atoms with Crippen molar-refractivity contribution in [2.24, 2.45) is 0 Å². The van der Waals surface area contributed by atoms with Crippen molar-refractivity contribution in [3.8, 4) is 5.75 Å². The zero-order valence-electron chi connectivity index (χ0n) is 13.5. The lowest BCUT2D eigenvalue weighted by molar-refractivity contribution is -0.679. The molecule has 0 bridgehead atoms. The second kappa shape index (κ2) is 5.10. The molecule has 0 aliphatic carbocycles.